The lowest BCUT2D eigenvalue weighted by molar-refractivity contribution is -0.384. The topological polar surface area (TPSA) is 84.6 Å². The maximum absolute atomic E-state index is 12.1. The Morgan fingerprint density at radius 2 is 1.96 bits per heavy atom. The molecule has 0 saturated heterocycles. The molecule has 0 spiro atoms. The van der Waals surface area contributed by atoms with Gasteiger partial charge in [-0.05, 0) is 43.2 Å². The number of nitrogens with zero attached hydrogens (tertiary/aromatic N) is 2. The van der Waals surface area contributed by atoms with Crippen LogP contribution in [-0.4, -0.2) is 16.5 Å². The van der Waals surface area contributed by atoms with Gasteiger partial charge < -0.3 is 0 Å². The second-order valence-corrected chi connectivity index (χ2v) is 6.59. The maximum Gasteiger partial charge on any atom is 0.271 e. The van der Waals surface area contributed by atoms with E-state index in [1.54, 1.807) is 0 Å². The van der Waals surface area contributed by atoms with Gasteiger partial charge >= 0.3 is 0 Å². The van der Waals surface area contributed by atoms with E-state index >= 15 is 0 Å². The van der Waals surface area contributed by atoms with Crippen LogP contribution in [0.25, 0.3) is 0 Å². The number of benzene rings is 1. The maximum atomic E-state index is 12.1. The quantitative estimate of drug-likeness (QED) is 0.677. The summed E-state index contributed by atoms with van der Waals surface area (Å²) in [5.41, 5.74) is 3.98. The summed E-state index contributed by atoms with van der Waals surface area (Å²) < 4.78 is 0. The summed E-state index contributed by atoms with van der Waals surface area (Å²) in [6.07, 6.45) is 3.20. The highest BCUT2D eigenvalue weighted by atomic mass is 16.6. The van der Waals surface area contributed by atoms with E-state index in [1.807, 2.05) is 0 Å². The lowest BCUT2D eigenvalue weighted by Crippen LogP contribution is -2.31. The van der Waals surface area contributed by atoms with Crippen molar-refractivity contribution in [2.24, 2.45) is 22.9 Å². The Morgan fingerprint density at radius 1 is 1.30 bits per heavy atom. The van der Waals surface area contributed by atoms with Crippen LogP contribution in [0.5, 0.6) is 0 Å². The van der Waals surface area contributed by atoms with Gasteiger partial charge in [-0.2, -0.15) is 5.10 Å². The molecule has 1 aliphatic rings. The number of non-ortho nitro benzene ring substituents is 1. The van der Waals surface area contributed by atoms with Crippen molar-refractivity contribution in [3.05, 3.63) is 39.9 Å². The Hall–Kier alpha value is -2.24. The van der Waals surface area contributed by atoms with Gasteiger partial charge in [0.25, 0.3) is 11.6 Å². The van der Waals surface area contributed by atoms with E-state index in [0.717, 1.165) is 18.6 Å². The molecular weight excluding hydrogens is 294 g/mol. The molecule has 1 saturated carbocycles. The van der Waals surface area contributed by atoms with Crippen LogP contribution in [0, 0.1) is 27.9 Å². The summed E-state index contributed by atoms with van der Waals surface area (Å²) in [5, 5.41) is 15.0. The van der Waals surface area contributed by atoms with Crippen molar-refractivity contribution < 1.29 is 9.72 Å². The van der Waals surface area contributed by atoms with Gasteiger partial charge in [0.2, 0.25) is 0 Å². The molecule has 2 atom stereocenters. The third-order valence-corrected chi connectivity index (χ3v) is 4.40. The lowest BCUT2D eigenvalue weighted by atomic mass is 9.76. The van der Waals surface area contributed by atoms with E-state index < -0.39 is 4.92 Å². The molecule has 0 heterocycles. The molecule has 2 rings (SSSR count). The molecule has 0 aromatic heterocycles. The molecule has 1 aliphatic carbocycles. The minimum Gasteiger partial charge on any atom is -0.267 e. The van der Waals surface area contributed by atoms with E-state index in [9.17, 15) is 14.9 Å². The van der Waals surface area contributed by atoms with Crippen molar-refractivity contribution in [3.8, 4) is 0 Å². The number of nitro benzene ring substituents is 1. The SMILES string of the molecule is CC(C)[C@H]1CC[C@@H](C)C/C1=N/NC(=O)c1ccc([N+](=O)[O-])cc1. The highest BCUT2D eigenvalue weighted by Gasteiger charge is 2.27. The molecule has 0 radical (unpaired) electrons. The fourth-order valence-electron chi connectivity index (χ4n) is 3.01. The first kappa shape index (κ1) is 17.1. The monoisotopic (exact) mass is 317 g/mol. The number of hydrogen-bond acceptors (Lipinski definition) is 4. The zero-order chi connectivity index (χ0) is 17.0. The number of carbonyl (C=O) groups is 1. The second-order valence-electron chi connectivity index (χ2n) is 6.59. The van der Waals surface area contributed by atoms with Crippen LogP contribution in [0.4, 0.5) is 5.69 Å². The van der Waals surface area contributed by atoms with Crippen molar-refractivity contribution in [2.75, 3.05) is 0 Å². The van der Waals surface area contributed by atoms with E-state index in [2.05, 4.69) is 31.3 Å². The summed E-state index contributed by atoms with van der Waals surface area (Å²) in [7, 11) is 0. The largest absolute Gasteiger partial charge is 0.271 e. The van der Waals surface area contributed by atoms with Crippen molar-refractivity contribution in [1.29, 1.82) is 0 Å². The van der Waals surface area contributed by atoms with Crippen LogP contribution in [0.1, 0.15) is 50.4 Å². The van der Waals surface area contributed by atoms with Crippen molar-refractivity contribution in [2.45, 2.75) is 40.0 Å². The first-order chi connectivity index (χ1) is 10.9. The molecule has 1 N–H and O–H groups in total. The first-order valence-electron chi connectivity index (χ1n) is 7.99. The van der Waals surface area contributed by atoms with Crippen molar-refractivity contribution in [1.82, 2.24) is 5.43 Å². The molecule has 1 aromatic rings. The Balaban J connectivity index is 2.07. The molecule has 0 bridgehead atoms. The Kier molecular flexibility index (Phi) is 5.47. The van der Waals surface area contributed by atoms with E-state index in [4.69, 9.17) is 0 Å². The molecule has 6 heteroatoms. The highest BCUT2D eigenvalue weighted by Crippen LogP contribution is 2.31. The molecule has 1 aromatic carbocycles. The second kappa shape index (κ2) is 7.35. The zero-order valence-corrected chi connectivity index (χ0v) is 13.8. The minimum atomic E-state index is -0.488. The van der Waals surface area contributed by atoms with E-state index in [-0.39, 0.29) is 11.6 Å². The first-order valence-corrected chi connectivity index (χ1v) is 7.99. The third kappa shape index (κ3) is 4.37. The van der Waals surface area contributed by atoms with Gasteiger partial charge in [-0.1, -0.05) is 20.8 Å². The molecular formula is C17H23N3O3. The zero-order valence-electron chi connectivity index (χ0n) is 13.8. The van der Waals surface area contributed by atoms with Crippen molar-refractivity contribution in [3.63, 3.8) is 0 Å². The third-order valence-electron chi connectivity index (χ3n) is 4.40. The van der Waals surface area contributed by atoms with Crippen LogP contribution in [0.3, 0.4) is 0 Å². The molecule has 0 unspecified atom stereocenters. The van der Waals surface area contributed by atoms with Gasteiger partial charge in [-0.25, -0.2) is 5.43 Å². The van der Waals surface area contributed by atoms with Crippen LogP contribution < -0.4 is 5.43 Å². The van der Waals surface area contributed by atoms with Crippen LogP contribution >= 0.6 is 0 Å². The summed E-state index contributed by atoms with van der Waals surface area (Å²) in [6, 6.07) is 5.53. The number of hydrogen-bond donors (Lipinski definition) is 1. The van der Waals surface area contributed by atoms with Crippen LogP contribution in [-0.2, 0) is 0 Å². The summed E-state index contributed by atoms with van der Waals surface area (Å²) >= 11 is 0. The van der Waals surface area contributed by atoms with Gasteiger partial charge in [0.1, 0.15) is 0 Å². The average Bonchev–Trinajstić information content (AvgIpc) is 2.52. The predicted molar refractivity (Wildman–Crippen MR) is 89.3 cm³/mol. The summed E-state index contributed by atoms with van der Waals surface area (Å²) in [4.78, 5) is 22.3. The molecule has 1 fully saturated rings. The number of nitrogens with one attached hydrogen (secondary N) is 1. The molecule has 23 heavy (non-hydrogen) atoms. The van der Waals surface area contributed by atoms with Crippen LogP contribution in [0.2, 0.25) is 0 Å². The number of amides is 1. The molecule has 1 amide bonds. The van der Waals surface area contributed by atoms with E-state index in [1.165, 1.54) is 30.7 Å². The molecule has 0 aliphatic heterocycles. The molecule has 124 valence electrons. The van der Waals surface area contributed by atoms with E-state index in [0.29, 0.717) is 23.3 Å². The summed E-state index contributed by atoms with van der Waals surface area (Å²) in [5.74, 6) is 1.15. The Bertz CT molecular complexity index is 608. The highest BCUT2D eigenvalue weighted by molar-refractivity contribution is 5.96. The van der Waals surface area contributed by atoms with Gasteiger partial charge in [0, 0.05) is 29.3 Å². The van der Waals surface area contributed by atoms with Gasteiger partial charge in [0.15, 0.2) is 0 Å². The van der Waals surface area contributed by atoms with Crippen LogP contribution in [0.15, 0.2) is 29.4 Å². The lowest BCUT2D eigenvalue weighted by Gasteiger charge is -2.30. The average molecular weight is 317 g/mol. The van der Waals surface area contributed by atoms with Gasteiger partial charge in [-0.3, -0.25) is 14.9 Å². The summed E-state index contributed by atoms with van der Waals surface area (Å²) in [6.45, 7) is 6.55. The Morgan fingerprint density at radius 3 is 2.52 bits per heavy atom. The normalized spacial score (nSPS) is 23.0. The Labute approximate surface area is 136 Å². The molecule has 6 nitrogen and oxygen atoms in total. The standard InChI is InChI=1S/C17H23N3O3/c1-11(2)15-9-4-12(3)10-16(15)18-19-17(21)13-5-7-14(8-6-13)20(22)23/h5-8,11-12,15H,4,9-10H2,1-3H3,(H,19,21)/b18-16-/t12-,15-/m1/s1. The smallest absolute Gasteiger partial charge is 0.267 e. The van der Waals surface area contributed by atoms with Gasteiger partial charge in [-0.15, -0.1) is 0 Å². The fourth-order valence-corrected chi connectivity index (χ4v) is 3.01. The number of rotatable bonds is 4. The number of nitro groups is 1. The minimum absolute atomic E-state index is 0.0335. The van der Waals surface area contributed by atoms with Gasteiger partial charge in [0.05, 0.1) is 4.92 Å². The number of carbonyl (C=O) groups excluding carboxylic acids is 1. The number of hydrazone groups is 1. The fraction of sp³-hybridized carbons (Fsp3) is 0.529. The van der Waals surface area contributed by atoms with Crippen molar-refractivity contribution >= 4 is 17.3 Å². The predicted octanol–water partition coefficient (Wildman–Crippen LogP) is 3.77.